The molecule has 0 saturated carbocycles. The van der Waals surface area contributed by atoms with Gasteiger partial charge < -0.3 is 5.73 Å². The molecule has 1 heterocycles. The lowest BCUT2D eigenvalue weighted by Gasteiger charge is -2.17. The minimum Gasteiger partial charge on any atom is -0.324 e. The average molecular weight is 199 g/mol. The number of aromatic nitrogens is 1. The molecule has 3 heteroatoms. The van der Waals surface area contributed by atoms with E-state index in [2.05, 4.69) is 18.8 Å². The Labute approximate surface area is 84.1 Å². The van der Waals surface area contributed by atoms with Gasteiger partial charge in [-0.1, -0.05) is 37.9 Å². The summed E-state index contributed by atoms with van der Waals surface area (Å²) in [4.78, 5) is 4.00. The Morgan fingerprint density at radius 1 is 1.54 bits per heavy atom. The molecule has 0 bridgehead atoms. The maximum Gasteiger partial charge on any atom is 0.129 e. The summed E-state index contributed by atoms with van der Waals surface area (Å²) in [6.45, 7) is 4.27. The van der Waals surface area contributed by atoms with Crippen molar-refractivity contribution in [2.75, 3.05) is 0 Å². The number of rotatable bonds is 3. The van der Waals surface area contributed by atoms with E-state index in [1.807, 2.05) is 6.07 Å². The van der Waals surface area contributed by atoms with Gasteiger partial charge in [-0.2, -0.15) is 0 Å². The van der Waals surface area contributed by atoms with E-state index >= 15 is 0 Å². The van der Waals surface area contributed by atoms with E-state index in [1.165, 1.54) is 0 Å². The van der Waals surface area contributed by atoms with Crippen molar-refractivity contribution < 1.29 is 0 Å². The molecule has 0 aromatic carbocycles. The van der Waals surface area contributed by atoms with Crippen LogP contribution in [0.5, 0.6) is 0 Å². The predicted octanol–water partition coefficient (Wildman–Crippen LogP) is 2.78. The SMILES string of the molecule is CCC(C)[C@@H](N)c1ccc(Cl)nc1. The van der Waals surface area contributed by atoms with Crippen molar-refractivity contribution in [3.8, 4) is 0 Å². The Morgan fingerprint density at radius 2 is 2.23 bits per heavy atom. The molecule has 0 fully saturated rings. The van der Waals surface area contributed by atoms with Gasteiger partial charge in [0.05, 0.1) is 0 Å². The maximum atomic E-state index is 6.02. The first-order valence-corrected chi connectivity index (χ1v) is 4.90. The highest BCUT2D eigenvalue weighted by molar-refractivity contribution is 6.29. The molecule has 72 valence electrons. The summed E-state index contributed by atoms with van der Waals surface area (Å²) in [5.41, 5.74) is 7.07. The van der Waals surface area contributed by atoms with Crippen LogP contribution in [0.1, 0.15) is 31.9 Å². The molecular weight excluding hydrogens is 184 g/mol. The van der Waals surface area contributed by atoms with Crippen molar-refractivity contribution in [1.29, 1.82) is 0 Å². The molecular formula is C10H15ClN2. The van der Waals surface area contributed by atoms with Crippen molar-refractivity contribution in [1.82, 2.24) is 4.98 Å². The van der Waals surface area contributed by atoms with E-state index in [-0.39, 0.29) is 6.04 Å². The van der Waals surface area contributed by atoms with E-state index in [4.69, 9.17) is 17.3 Å². The molecule has 2 N–H and O–H groups in total. The fourth-order valence-electron chi connectivity index (χ4n) is 1.17. The molecule has 1 aromatic heterocycles. The highest BCUT2D eigenvalue weighted by Crippen LogP contribution is 2.21. The van der Waals surface area contributed by atoms with Crippen molar-refractivity contribution >= 4 is 11.6 Å². The molecule has 2 atom stereocenters. The number of nitrogens with two attached hydrogens (primary N) is 1. The Bertz CT molecular complexity index is 258. The fraction of sp³-hybridized carbons (Fsp3) is 0.500. The topological polar surface area (TPSA) is 38.9 Å². The van der Waals surface area contributed by atoms with Crippen LogP contribution in [0.15, 0.2) is 18.3 Å². The van der Waals surface area contributed by atoms with E-state index in [0.717, 1.165) is 12.0 Å². The first-order valence-electron chi connectivity index (χ1n) is 4.52. The van der Waals surface area contributed by atoms with Crippen LogP contribution in [0, 0.1) is 5.92 Å². The third-order valence-electron chi connectivity index (χ3n) is 2.39. The summed E-state index contributed by atoms with van der Waals surface area (Å²) < 4.78 is 0. The van der Waals surface area contributed by atoms with Crippen molar-refractivity contribution in [3.05, 3.63) is 29.0 Å². The Hall–Kier alpha value is -0.600. The van der Waals surface area contributed by atoms with Crippen LogP contribution >= 0.6 is 11.6 Å². The summed E-state index contributed by atoms with van der Waals surface area (Å²) in [5, 5.41) is 0.514. The molecule has 1 aromatic rings. The maximum absolute atomic E-state index is 6.02. The van der Waals surface area contributed by atoms with Crippen molar-refractivity contribution in [2.24, 2.45) is 11.7 Å². The number of nitrogens with zero attached hydrogens (tertiary/aromatic N) is 1. The second-order valence-corrected chi connectivity index (χ2v) is 3.71. The quantitative estimate of drug-likeness (QED) is 0.759. The number of hydrogen-bond donors (Lipinski definition) is 1. The van der Waals surface area contributed by atoms with E-state index in [0.29, 0.717) is 11.1 Å². The van der Waals surface area contributed by atoms with Crippen molar-refractivity contribution in [3.63, 3.8) is 0 Å². The molecule has 0 radical (unpaired) electrons. The molecule has 0 spiro atoms. The minimum absolute atomic E-state index is 0.0646. The highest BCUT2D eigenvalue weighted by Gasteiger charge is 2.12. The Kier molecular flexibility index (Phi) is 3.70. The summed E-state index contributed by atoms with van der Waals surface area (Å²) in [7, 11) is 0. The molecule has 2 nitrogen and oxygen atoms in total. The van der Waals surface area contributed by atoms with Crippen LogP contribution in [0.2, 0.25) is 5.15 Å². The van der Waals surface area contributed by atoms with Crippen LogP contribution in [-0.4, -0.2) is 4.98 Å². The third-order valence-corrected chi connectivity index (χ3v) is 2.62. The molecule has 0 aliphatic heterocycles. The van der Waals surface area contributed by atoms with Gasteiger partial charge in [0.1, 0.15) is 5.15 Å². The Morgan fingerprint density at radius 3 is 2.69 bits per heavy atom. The van der Waals surface area contributed by atoms with Gasteiger partial charge >= 0.3 is 0 Å². The smallest absolute Gasteiger partial charge is 0.129 e. The second kappa shape index (κ2) is 4.58. The molecule has 1 rings (SSSR count). The van der Waals surface area contributed by atoms with Crippen LogP contribution in [-0.2, 0) is 0 Å². The zero-order chi connectivity index (χ0) is 9.84. The number of hydrogen-bond acceptors (Lipinski definition) is 2. The summed E-state index contributed by atoms with van der Waals surface area (Å²) in [6, 6.07) is 3.78. The standard InChI is InChI=1S/C10H15ClN2/c1-3-7(2)10(12)8-4-5-9(11)13-6-8/h4-7,10H,3,12H2,1-2H3/t7?,10-/m1/s1. The van der Waals surface area contributed by atoms with Gasteiger partial charge in [0.15, 0.2) is 0 Å². The highest BCUT2D eigenvalue weighted by atomic mass is 35.5. The largest absolute Gasteiger partial charge is 0.324 e. The van der Waals surface area contributed by atoms with Gasteiger partial charge in [-0.3, -0.25) is 0 Å². The van der Waals surface area contributed by atoms with Gasteiger partial charge in [-0.25, -0.2) is 4.98 Å². The van der Waals surface area contributed by atoms with Gasteiger partial charge in [0.2, 0.25) is 0 Å². The van der Waals surface area contributed by atoms with Crippen LogP contribution in [0.4, 0.5) is 0 Å². The summed E-state index contributed by atoms with van der Waals surface area (Å²) in [6.07, 6.45) is 2.82. The first-order chi connectivity index (χ1) is 6.15. The van der Waals surface area contributed by atoms with Gasteiger partial charge in [0, 0.05) is 12.2 Å². The molecule has 13 heavy (non-hydrogen) atoms. The predicted molar refractivity (Wildman–Crippen MR) is 55.6 cm³/mol. The van der Waals surface area contributed by atoms with E-state index in [1.54, 1.807) is 12.3 Å². The third kappa shape index (κ3) is 2.68. The number of pyridine rings is 1. The van der Waals surface area contributed by atoms with Crippen LogP contribution in [0.25, 0.3) is 0 Å². The lowest BCUT2D eigenvalue weighted by molar-refractivity contribution is 0.456. The molecule has 1 unspecified atom stereocenters. The second-order valence-electron chi connectivity index (χ2n) is 3.33. The fourth-order valence-corrected chi connectivity index (χ4v) is 1.28. The normalized spacial score (nSPS) is 15.4. The molecule has 0 amide bonds. The van der Waals surface area contributed by atoms with Crippen LogP contribution < -0.4 is 5.73 Å². The average Bonchev–Trinajstić information content (AvgIpc) is 2.17. The van der Waals surface area contributed by atoms with Gasteiger partial charge in [-0.05, 0) is 17.5 Å². The zero-order valence-corrected chi connectivity index (χ0v) is 8.75. The van der Waals surface area contributed by atoms with E-state index < -0.39 is 0 Å². The minimum atomic E-state index is 0.0646. The van der Waals surface area contributed by atoms with Gasteiger partial charge in [0.25, 0.3) is 0 Å². The molecule has 0 aliphatic rings. The zero-order valence-electron chi connectivity index (χ0n) is 8.00. The lowest BCUT2D eigenvalue weighted by atomic mass is 9.95. The van der Waals surface area contributed by atoms with Crippen LogP contribution in [0.3, 0.4) is 0 Å². The van der Waals surface area contributed by atoms with Crippen molar-refractivity contribution in [2.45, 2.75) is 26.3 Å². The number of halogens is 1. The summed E-state index contributed by atoms with van der Waals surface area (Å²) >= 11 is 5.68. The molecule has 0 aliphatic carbocycles. The monoisotopic (exact) mass is 198 g/mol. The van der Waals surface area contributed by atoms with E-state index in [9.17, 15) is 0 Å². The lowest BCUT2D eigenvalue weighted by Crippen LogP contribution is -2.18. The Balaban J connectivity index is 2.77. The van der Waals surface area contributed by atoms with Gasteiger partial charge in [-0.15, -0.1) is 0 Å². The summed E-state index contributed by atoms with van der Waals surface area (Å²) in [5.74, 6) is 0.475. The first kappa shape index (κ1) is 10.5. The molecule has 0 saturated heterocycles.